The smallest absolute Gasteiger partial charge is 0.255 e. The molecule has 5 heteroatoms. The molecule has 0 radical (unpaired) electrons. The Hall–Kier alpha value is -1.90. The molecule has 0 saturated carbocycles. The Balaban J connectivity index is 3.24. The van der Waals surface area contributed by atoms with Gasteiger partial charge in [-0.05, 0) is 32.0 Å². The maximum Gasteiger partial charge on any atom is 0.255 e. The predicted molar refractivity (Wildman–Crippen MR) is 75.6 cm³/mol. The van der Waals surface area contributed by atoms with E-state index < -0.39 is 17.3 Å². The summed E-state index contributed by atoms with van der Waals surface area (Å²) in [6.45, 7) is 3.39. The van der Waals surface area contributed by atoms with Crippen LogP contribution in [0.2, 0.25) is 0 Å². The number of hydrogen-bond acceptors (Lipinski definition) is 3. The van der Waals surface area contributed by atoms with Crippen molar-refractivity contribution in [1.29, 1.82) is 0 Å². The van der Waals surface area contributed by atoms with Gasteiger partial charge in [0, 0.05) is 12.6 Å². The zero-order valence-electron chi connectivity index (χ0n) is 11.9. The normalized spacial score (nSPS) is 10.7. The van der Waals surface area contributed by atoms with Crippen molar-refractivity contribution < 1.29 is 14.3 Å². The molecule has 0 heterocycles. The van der Waals surface area contributed by atoms with Crippen molar-refractivity contribution in [2.24, 2.45) is 5.73 Å². The Kier molecular flexibility index (Phi) is 5.26. The lowest BCUT2D eigenvalue weighted by molar-refractivity contribution is 0.0472. The molecule has 4 nitrogen and oxygen atoms in total. The van der Waals surface area contributed by atoms with Crippen LogP contribution in [0.5, 0.6) is 0 Å². The van der Waals surface area contributed by atoms with Gasteiger partial charge in [-0.3, -0.25) is 4.79 Å². The van der Waals surface area contributed by atoms with Gasteiger partial charge < -0.3 is 15.7 Å². The van der Waals surface area contributed by atoms with E-state index in [1.165, 1.54) is 17.0 Å². The number of aliphatic hydroxyl groups is 1. The molecule has 0 saturated heterocycles. The quantitative estimate of drug-likeness (QED) is 0.810. The van der Waals surface area contributed by atoms with Crippen LogP contribution in [-0.4, -0.2) is 41.7 Å². The van der Waals surface area contributed by atoms with Crippen LogP contribution >= 0.6 is 0 Å². The van der Waals surface area contributed by atoms with E-state index in [0.717, 1.165) is 6.07 Å². The zero-order valence-corrected chi connectivity index (χ0v) is 11.9. The number of nitrogens with zero attached hydrogens (tertiary/aromatic N) is 1. The summed E-state index contributed by atoms with van der Waals surface area (Å²) < 4.78 is 13.4. The Labute approximate surface area is 118 Å². The van der Waals surface area contributed by atoms with Gasteiger partial charge in [-0.1, -0.05) is 11.8 Å². The highest BCUT2D eigenvalue weighted by Crippen LogP contribution is 2.18. The average molecular weight is 278 g/mol. The predicted octanol–water partition coefficient (Wildman–Crippen LogP) is 0.979. The zero-order chi connectivity index (χ0) is 15.3. The summed E-state index contributed by atoms with van der Waals surface area (Å²) in [6.07, 6.45) is 0. The van der Waals surface area contributed by atoms with Crippen molar-refractivity contribution in [1.82, 2.24) is 4.90 Å². The fourth-order valence-corrected chi connectivity index (χ4v) is 1.51. The molecule has 0 aliphatic rings. The summed E-state index contributed by atoms with van der Waals surface area (Å²) in [6, 6.07) is 3.84. The van der Waals surface area contributed by atoms with Crippen LogP contribution in [0.4, 0.5) is 4.39 Å². The average Bonchev–Trinajstić information content (AvgIpc) is 2.44. The number of carbonyl (C=O) groups is 1. The minimum atomic E-state index is -0.748. The van der Waals surface area contributed by atoms with Gasteiger partial charge in [0.25, 0.3) is 5.91 Å². The van der Waals surface area contributed by atoms with E-state index in [0.29, 0.717) is 5.56 Å². The summed E-state index contributed by atoms with van der Waals surface area (Å²) >= 11 is 0. The Morgan fingerprint density at radius 3 is 2.70 bits per heavy atom. The molecule has 108 valence electrons. The standard InChI is InChI=1S/C15H19FN2O2/c1-15(2,10-19)18(3)14(20)13-9-12(16)7-6-11(13)5-4-8-17/h6-7,9,19H,8,10,17H2,1-3H3. The largest absolute Gasteiger partial charge is 0.394 e. The molecule has 0 aliphatic heterocycles. The number of hydrogen-bond donors (Lipinski definition) is 2. The highest BCUT2D eigenvalue weighted by atomic mass is 19.1. The first-order chi connectivity index (χ1) is 9.33. The summed E-state index contributed by atoms with van der Waals surface area (Å²) in [4.78, 5) is 13.8. The van der Waals surface area contributed by atoms with Gasteiger partial charge in [0.05, 0.1) is 24.3 Å². The van der Waals surface area contributed by atoms with E-state index >= 15 is 0 Å². The molecule has 1 aromatic carbocycles. The third-order valence-corrected chi connectivity index (χ3v) is 3.14. The Morgan fingerprint density at radius 2 is 2.15 bits per heavy atom. The number of benzene rings is 1. The summed E-state index contributed by atoms with van der Waals surface area (Å²) in [7, 11) is 1.56. The van der Waals surface area contributed by atoms with Crippen molar-refractivity contribution in [3.05, 3.63) is 35.1 Å². The summed E-state index contributed by atoms with van der Waals surface area (Å²) in [5, 5.41) is 9.31. The van der Waals surface area contributed by atoms with E-state index in [1.54, 1.807) is 20.9 Å². The maximum atomic E-state index is 13.4. The first-order valence-electron chi connectivity index (χ1n) is 6.21. The number of nitrogens with two attached hydrogens (primary N) is 1. The number of likely N-dealkylation sites (N-methyl/N-ethyl adjacent to an activating group) is 1. The van der Waals surface area contributed by atoms with E-state index in [2.05, 4.69) is 11.8 Å². The van der Waals surface area contributed by atoms with Crippen molar-refractivity contribution in [3.8, 4) is 11.8 Å². The van der Waals surface area contributed by atoms with Gasteiger partial charge in [-0.15, -0.1) is 0 Å². The molecule has 3 N–H and O–H groups in total. The summed E-state index contributed by atoms with van der Waals surface area (Å²) in [5.74, 6) is 4.49. The third kappa shape index (κ3) is 3.56. The van der Waals surface area contributed by atoms with E-state index in [1.807, 2.05) is 0 Å². The van der Waals surface area contributed by atoms with E-state index in [4.69, 9.17) is 5.73 Å². The molecule has 0 bridgehead atoms. The molecule has 1 rings (SSSR count). The highest BCUT2D eigenvalue weighted by molar-refractivity contribution is 5.97. The lowest BCUT2D eigenvalue weighted by Gasteiger charge is -2.34. The fraction of sp³-hybridized carbons (Fsp3) is 0.400. The molecule has 20 heavy (non-hydrogen) atoms. The minimum Gasteiger partial charge on any atom is -0.394 e. The molecule has 0 spiro atoms. The van der Waals surface area contributed by atoms with E-state index in [-0.39, 0.29) is 18.7 Å². The number of carbonyl (C=O) groups excluding carboxylic acids is 1. The fourth-order valence-electron chi connectivity index (χ4n) is 1.51. The second kappa shape index (κ2) is 6.51. The molecular formula is C15H19FN2O2. The molecule has 0 aromatic heterocycles. The van der Waals surface area contributed by atoms with Crippen LogP contribution in [0, 0.1) is 17.7 Å². The summed E-state index contributed by atoms with van der Waals surface area (Å²) in [5.41, 5.74) is 5.14. The van der Waals surface area contributed by atoms with Gasteiger partial charge in [0.1, 0.15) is 5.82 Å². The maximum absolute atomic E-state index is 13.4. The second-order valence-corrected chi connectivity index (χ2v) is 5.03. The minimum absolute atomic E-state index is 0.156. The monoisotopic (exact) mass is 278 g/mol. The van der Waals surface area contributed by atoms with Gasteiger partial charge in [0.2, 0.25) is 0 Å². The molecule has 0 atom stereocenters. The molecule has 0 unspecified atom stereocenters. The van der Waals surface area contributed by atoms with Crippen LogP contribution in [0.1, 0.15) is 29.8 Å². The molecular weight excluding hydrogens is 259 g/mol. The van der Waals surface area contributed by atoms with Crippen molar-refractivity contribution in [2.45, 2.75) is 19.4 Å². The number of amides is 1. The van der Waals surface area contributed by atoms with E-state index in [9.17, 15) is 14.3 Å². The van der Waals surface area contributed by atoms with Crippen LogP contribution < -0.4 is 5.73 Å². The number of aliphatic hydroxyl groups excluding tert-OH is 1. The van der Waals surface area contributed by atoms with Gasteiger partial charge in [0.15, 0.2) is 0 Å². The van der Waals surface area contributed by atoms with Crippen LogP contribution in [-0.2, 0) is 0 Å². The van der Waals surface area contributed by atoms with Crippen molar-refractivity contribution in [2.75, 3.05) is 20.2 Å². The lowest BCUT2D eigenvalue weighted by atomic mass is 10.0. The van der Waals surface area contributed by atoms with Gasteiger partial charge in [-0.2, -0.15) is 0 Å². The molecule has 0 aliphatic carbocycles. The van der Waals surface area contributed by atoms with Crippen LogP contribution in [0.15, 0.2) is 18.2 Å². The Morgan fingerprint density at radius 1 is 1.50 bits per heavy atom. The molecule has 1 amide bonds. The third-order valence-electron chi connectivity index (χ3n) is 3.14. The number of halogens is 1. The highest BCUT2D eigenvalue weighted by Gasteiger charge is 2.28. The van der Waals surface area contributed by atoms with Crippen molar-refractivity contribution >= 4 is 5.91 Å². The topological polar surface area (TPSA) is 66.6 Å². The SMILES string of the molecule is CN(C(=O)c1cc(F)ccc1C#CCN)C(C)(C)CO. The second-order valence-electron chi connectivity index (χ2n) is 5.03. The first-order valence-corrected chi connectivity index (χ1v) is 6.21. The van der Waals surface area contributed by atoms with Gasteiger partial charge >= 0.3 is 0 Å². The molecule has 0 fully saturated rings. The Bertz CT molecular complexity index is 559. The van der Waals surface area contributed by atoms with Crippen molar-refractivity contribution in [3.63, 3.8) is 0 Å². The number of rotatable bonds is 3. The first kappa shape index (κ1) is 16.2. The molecule has 1 aromatic rings. The van der Waals surface area contributed by atoms with Crippen LogP contribution in [0.25, 0.3) is 0 Å². The van der Waals surface area contributed by atoms with Gasteiger partial charge in [-0.25, -0.2) is 4.39 Å². The van der Waals surface area contributed by atoms with Crippen LogP contribution in [0.3, 0.4) is 0 Å². The lowest BCUT2D eigenvalue weighted by Crippen LogP contribution is -2.47.